The van der Waals surface area contributed by atoms with E-state index in [0.29, 0.717) is 0 Å². The highest BCUT2D eigenvalue weighted by Gasteiger charge is 1.74. The summed E-state index contributed by atoms with van der Waals surface area (Å²) in [5.74, 6) is 0. The number of hydrogen-bond acceptors (Lipinski definition) is 0. The van der Waals surface area contributed by atoms with Crippen molar-refractivity contribution in [3.05, 3.63) is 60.8 Å². The molecule has 0 amide bonds. The van der Waals surface area contributed by atoms with Gasteiger partial charge in [0.2, 0.25) is 0 Å². The quantitative estimate of drug-likeness (QED) is 0.487. The van der Waals surface area contributed by atoms with Crippen LogP contribution in [0, 0.1) is 6.08 Å². The number of hydrogen-bond donors (Lipinski definition) is 0. The highest BCUT2D eigenvalue weighted by molar-refractivity contribution is 5.13. The van der Waals surface area contributed by atoms with Crippen LogP contribution in [0.15, 0.2) is 54.7 Å². The van der Waals surface area contributed by atoms with Gasteiger partial charge in [-0.15, -0.1) is 0 Å². The second kappa shape index (κ2) is 7.35. The van der Waals surface area contributed by atoms with Crippen molar-refractivity contribution in [2.45, 2.75) is 19.3 Å². The van der Waals surface area contributed by atoms with E-state index in [4.69, 9.17) is 0 Å². The van der Waals surface area contributed by atoms with Gasteiger partial charge in [-0.3, -0.25) is 0 Å². The minimum absolute atomic E-state index is 0.926. The van der Waals surface area contributed by atoms with Gasteiger partial charge in [-0.2, -0.15) is 0 Å². The predicted molar refractivity (Wildman–Crippen MR) is 58.2 cm³/mol. The molecule has 0 bridgehead atoms. The molecule has 0 N–H and O–H groups in total. The Balaban J connectivity index is 2.49. The summed E-state index contributed by atoms with van der Waals surface area (Å²) in [6, 6.07) is 0. The Kier molecular flexibility index (Phi) is 5.54. The molecule has 0 nitrogen and oxygen atoms in total. The molecule has 0 fully saturated rings. The highest BCUT2D eigenvalue weighted by Crippen LogP contribution is 1.94. The summed E-state index contributed by atoms with van der Waals surface area (Å²) in [7, 11) is 0. The lowest BCUT2D eigenvalue weighted by molar-refractivity contribution is 1.25. The van der Waals surface area contributed by atoms with Crippen molar-refractivity contribution < 1.29 is 0 Å². The van der Waals surface area contributed by atoms with Crippen LogP contribution in [-0.2, 0) is 0 Å². The molecular formula is C13H15. The second-order valence-corrected chi connectivity index (χ2v) is 2.80. The molecule has 1 aliphatic carbocycles. The summed E-state index contributed by atoms with van der Waals surface area (Å²) >= 11 is 0. The minimum atomic E-state index is 0.926. The van der Waals surface area contributed by atoms with E-state index in [9.17, 15) is 0 Å². The first-order chi connectivity index (χ1) is 6.50. The fraction of sp³-hybridized carbons (Fsp3) is 0.231. The van der Waals surface area contributed by atoms with Crippen molar-refractivity contribution in [1.82, 2.24) is 0 Å². The Morgan fingerprint density at radius 1 is 0.692 bits per heavy atom. The summed E-state index contributed by atoms with van der Waals surface area (Å²) in [5, 5.41) is 0. The van der Waals surface area contributed by atoms with E-state index in [1.54, 1.807) is 0 Å². The Morgan fingerprint density at radius 3 is 2.31 bits per heavy atom. The van der Waals surface area contributed by atoms with Gasteiger partial charge in [0.25, 0.3) is 0 Å². The van der Waals surface area contributed by atoms with E-state index in [-0.39, 0.29) is 0 Å². The molecule has 1 rings (SSSR count). The third-order valence-electron chi connectivity index (χ3n) is 1.68. The molecule has 1 radical (unpaired) electrons. The summed E-state index contributed by atoms with van der Waals surface area (Å²) in [6.07, 6.45) is 25.0. The molecule has 0 aliphatic heterocycles. The molecule has 0 unspecified atom stereocenters. The maximum absolute atomic E-state index is 3.21. The van der Waals surface area contributed by atoms with E-state index in [1.165, 1.54) is 0 Å². The Hall–Kier alpha value is -1.30. The van der Waals surface area contributed by atoms with Crippen LogP contribution >= 0.6 is 0 Å². The lowest BCUT2D eigenvalue weighted by Gasteiger charge is -1.81. The fourth-order valence-electron chi connectivity index (χ4n) is 1.00. The van der Waals surface area contributed by atoms with E-state index >= 15 is 0 Å². The molecule has 13 heavy (non-hydrogen) atoms. The van der Waals surface area contributed by atoms with Crippen molar-refractivity contribution in [2.24, 2.45) is 0 Å². The molecule has 67 valence electrons. The van der Waals surface area contributed by atoms with Crippen LogP contribution in [0.4, 0.5) is 0 Å². The molecule has 0 aromatic rings. The Morgan fingerprint density at radius 2 is 1.46 bits per heavy atom. The van der Waals surface area contributed by atoms with E-state index in [1.807, 2.05) is 6.08 Å². The Labute approximate surface area is 80.7 Å². The predicted octanol–water partition coefficient (Wildman–Crippen LogP) is 3.75. The van der Waals surface area contributed by atoms with E-state index in [2.05, 4.69) is 54.7 Å². The zero-order valence-electron chi connectivity index (χ0n) is 7.82. The molecule has 0 saturated heterocycles. The van der Waals surface area contributed by atoms with Gasteiger partial charge in [0.15, 0.2) is 0 Å². The average molecular weight is 171 g/mol. The standard InChI is InChI=1S/C13H15/c1-2-4-6-8-10-12-13-11-9-7-5-3-1/h1-6,9-11H,7-8,13H2. The maximum Gasteiger partial charge on any atom is -0.00977 e. The summed E-state index contributed by atoms with van der Waals surface area (Å²) in [5.41, 5.74) is 0. The van der Waals surface area contributed by atoms with Gasteiger partial charge in [-0.25, -0.2) is 0 Å². The Bertz CT molecular complexity index is 223. The molecule has 0 saturated carbocycles. The van der Waals surface area contributed by atoms with Crippen LogP contribution in [0.5, 0.6) is 0 Å². The smallest absolute Gasteiger partial charge is 0.00977 e. The average Bonchev–Trinajstić information content (AvgIpc) is 2.18. The zero-order chi connectivity index (χ0) is 9.19. The minimum Gasteiger partial charge on any atom is -0.0844 e. The van der Waals surface area contributed by atoms with Gasteiger partial charge in [0.1, 0.15) is 0 Å². The van der Waals surface area contributed by atoms with Gasteiger partial charge in [-0.05, 0) is 25.3 Å². The van der Waals surface area contributed by atoms with E-state index in [0.717, 1.165) is 19.3 Å². The molecule has 0 heteroatoms. The molecule has 0 heterocycles. The topological polar surface area (TPSA) is 0 Å². The molecule has 1 aliphatic rings. The van der Waals surface area contributed by atoms with Gasteiger partial charge in [0.05, 0.1) is 0 Å². The lowest BCUT2D eigenvalue weighted by Crippen LogP contribution is -1.62. The van der Waals surface area contributed by atoms with Crippen molar-refractivity contribution in [1.29, 1.82) is 0 Å². The van der Waals surface area contributed by atoms with Crippen LogP contribution in [0.3, 0.4) is 0 Å². The van der Waals surface area contributed by atoms with Gasteiger partial charge >= 0.3 is 0 Å². The van der Waals surface area contributed by atoms with Crippen LogP contribution in [0.1, 0.15) is 19.3 Å². The van der Waals surface area contributed by atoms with Crippen LogP contribution in [0.25, 0.3) is 0 Å². The second-order valence-electron chi connectivity index (χ2n) is 2.80. The van der Waals surface area contributed by atoms with E-state index < -0.39 is 0 Å². The van der Waals surface area contributed by atoms with Gasteiger partial charge in [-0.1, -0.05) is 54.7 Å². The van der Waals surface area contributed by atoms with Crippen molar-refractivity contribution in [2.75, 3.05) is 0 Å². The van der Waals surface area contributed by atoms with Crippen LogP contribution < -0.4 is 0 Å². The molecule has 0 atom stereocenters. The van der Waals surface area contributed by atoms with Crippen LogP contribution in [0.2, 0.25) is 0 Å². The summed E-state index contributed by atoms with van der Waals surface area (Å²) < 4.78 is 0. The lowest BCUT2D eigenvalue weighted by atomic mass is 10.3. The molecular weight excluding hydrogens is 156 g/mol. The van der Waals surface area contributed by atoms with Crippen molar-refractivity contribution >= 4 is 0 Å². The third-order valence-corrected chi connectivity index (χ3v) is 1.68. The summed E-state index contributed by atoms with van der Waals surface area (Å²) in [6.45, 7) is 0. The number of allylic oxidation sites excluding steroid dienone is 10. The zero-order valence-corrected chi connectivity index (χ0v) is 7.82. The highest BCUT2D eigenvalue weighted by atomic mass is 13.8. The van der Waals surface area contributed by atoms with Crippen molar-refractivity contribution in [3.63, 3.8) is 0 Å². The SMILES string of the molecule is [C]1=CCC=CC=CC=CCC=CC1. The first-order valence-corrected chi connectivity index (χ1v) is 4.68. The monoisotopic (exact) mass is 171 g/mol. The maximum atomic E-state index is 3.21. The molecule has 0 spiro atoms. The van der Waals surface area contributed by atoms with Crippen molar-refractivity contribution in [3.8, 4) is 0 Å². The first kappa shape index (κ1) is 9.79. The fourth-order valence-corrected chi connectivity index (χ4v) is 1.00. The largest absolute Gasteiger partial charge is 0.0844 e. The normalized spacial score (nSPS) is 17.8. The summed E-state index contributed by atoms with van der Waals surface area (Å²) in [4.78, 5) is 0. The molecule has 0 aromatic carbocycles. The van der Waals surface area contributed by atoms with Gasteiger partial charge in [0, 0.05) is 0 Å². The van der Waals surface area contributed by atoms with Crippen LogP contribution in [-0.4, -0.2) is 0 Å². The number of rotatable bonds is 0. The van der Waals surface area contributed by atoms with Gasteiger partial charge < -0.3 is 0 Å². The first-order valence-electron chi connectivity index (χ1n) is 4.68. The third kappa shape index (κ3) is 5.92. The molecule has 0 aromatic heterocycles.